The summed E-state index contributed by atoms with van der Waals surface area (Å²) in [5.74, 6) is -0.0292. The number of fused-ring (bicyclic) bond motifs is 2. The maximum atomic E-state index is 13.5. The summed E-state index contributed by atoms with van der Waals surface area (Å²) in [5, 5.41) is 2.64. The predicted octanol–water partition coefficient (Wildman–Crippen LogP) is 3.89. The first-order valence-electron chi connectivity index (χ1n) is 7.08. The number of nitrogens with two attached hydrogens (primary N) is 1. The van der Waals surface area contributed by atoms with Crippen LogP contribution >= 0.6 is 24.0 Å². The number of hydrogen-bond acceptors (Lipinski definition) is 1. The van der Waals surface area contributed by atoms with Crippen LogP contribution in [-0.4, -0.2) is 12.5 Å². The van der Waals surface area contributed by atoms with Crippen molar-refractivity contribution in [1.82, 2.24) is 0 Å². The molecule has 3 N–H and O–H groups in total. The molecular formula is C15H20F2IN3. The van der Waals surface area contributed by atoms with Crippen LogP contribution in [0.2, 0.25) is 0 Å². The van der Waals surface area contributed by atoms with Gasteiger partial charge in [-0.15, -0.1) is 24.0 Å². The van der Waals surface area contributed by atoms with Gasteiger partial charge in [-0.1, -0.05) is 0 Å². The number of rotatable bonds is 3. The molecule has 0 saturated heterocycles. The fraction of sp³-hybridized carbons (Fsp3) is 0.533. The van der Waals surface area contributed by atoms with E-state index in [1.807, 2.05) is 0 Å². The molecule has 2 aliphatic carbocycles. The van der Waals surface area contributed by atoms with E-state index >= 15 is 0 Å². The number of nitrogens with zero attached hydrogens (tertiary/aromatic N) is 1. The van der Waals surface area contributed by atoms with E-state index in [1.54, 1.807) is 0 Å². The quantitative estimate of drug-likeness (QED) is 0.454. The number of aliphatic imine (C=N–C) groups is 1. The van der Waals surface area contributed by atoms with Crippen LogP contribution < -0.4 is 11.1 Å². The normalized spacial score (nSPS) is 27.5. The molecule has 3 nitrogen and oxygen atoms in total. The number of anilines is 1. The smallest absolute Gasteiger partial charge is 0.193 e. The Morgan fingerprint density at radius 1 is 1.33 bits per heavy atom. The maximum Gasteiger partial charge on any atom is 0.193 e. The van der Waals surface area contributed by atoms with Crippen molar-refractivity contribution < 1.29 is 8.78 Å². The first-order chi connectivity index (χ1) is 9.56. The fourth-order valence-corrected chi connectivity index (χ4v) is 3.56. The molecule has 0 amide bonds. The van der Waals surface area contributed by atoms with Gasteiger partial charge in [0.15, 0.2) is 5.96 Å². The summed E-state index contributed by atoms with van der Waals surface area (Å²) in [5.41, 5.74) is 6.11. The number of guanidine groups is 1. The molecule has 1 aromatic rings. The Morgan fingerprint density at radius 3 is 2.67 bits per heavy atom. The van der Waals surface area contributed by atoms with Gasteiger partial charge in [0.1, 0.15) is 11.6 Å². The van der Waals surface area contributed by atoms with Gasteiger partial charge in [0, 0.05) is 12.6 Å². The first kappa shape index (κ1) is 16.5. The highest BCUT2D eigenvalue weighted by molar-refractivity contribution is 14.0. The van der Waals surface area contributed by atoms with Gasteiger partial charge in [0.05, 0.1) is 5.69 Å². The number of nitrogens with one attached hydrogen (secondary N) is 1. The summed E-state index contributed by atoms with van der Waals surface area (Å²) in [4.78, 5) is 4.34. The summed E-state index contributed by atoms with van der Waals surface area (Å²) in [6.07, 6.45) is 6.24. The molecule has 0 aliphatic heterocycles. The zero-order chi connectivity index (χ0) is 14.2. The molecule has 0 heterocycles. The summed E-state index contributed by atoms with van der Waals surface area (Å²) in [6, 6.07) is 3.23. The monoisotopic (exact) mass is 407 g/mol. The summed E-state index contributed by atoms with van der Waals surface area (Å²) < 4.78 is 26.5. The number of benzene rings is 1. The molecule has 1 aromatic carbocycles. The van der Waals surface area contributed by atoms with Crippen LogP contribution in [0, 0.1) is 23.0 Å². The van der Waals surface area contributed by atoms with E-state index in [9.17, 15) is 8.78 Å². The number of hydrogen-bond donors (Lipinski definition) is 2. The second-order valence-electron chi connectivity index (χ2n) is 6.10. The fourth-order valence-electron chi connectivity index (χ4n) is 3.56. The van der Waals surface area contributed by atoms with Crippen molar-refractivity contribution >= 4 is 35.6 Å². The highest BCUT2D eigenvalue weighted by Crippen LogP contribution is 2.54. The van der Waals surface area contributed by atoms with E-state index in [-0.39, 0.29) is 35.6 Å². The SMILES string of the molecule is I.NC(=NCC12CCC(CC1)C2)Nc1cc(F)ccc1F. The van der Waals surface area contributed by atoms with Gasteiger partial charge in [0.25, 0.3) is 0 Å². The molecule has 21 heavy (non-hydrogen) atoms. The van der Waals surface area contributed by atoms with Crippen LogP contribution in [0.3, 0.4) is 0 Å². The topological polar surface area (TPSA) is 50.4 Å². The Balaban J connectivity index is 0.00000161. The molecule has 0 unspecified atom stereocenters. The largest absolute Gasteiger partial charge is 0.370 e. The molecule has 2 fully saturated rings. The third-order valence-corrected chi connectivity index (χ3v) is 4.66. The van der Waals surface area contributed by atoms with Crippen LogP contribution in [0.15, 0.2) is 23.2 Å². The van der Waals surface area contributed by atoms with Crippen molar-refractivity contribution in [3.63, 3.8) is 0 Å². The van der Waals surface area contributed by atoms with E-state index < -0.39 is 11.6 Å². The average molecular weight is 407 g/mol. The van der Waals surface area contributed by atoms with Crippen molar-refractivity contribution in [3.8, 4) is 0 Å². The van der Waals surface area contributed by atoms with Gasteiger partial charge < -0.3 is 11.1 Å². The molecule has 0 aromatic heterocycles. The standard InChI is InChI=1S/C15H19F2N3.HI/c16-11-1-2-12(17)13(7-11)20-14(18)19-9-15-5-3-10(8-15)4-6-15;/h1-2,7,10H,3-6,8-9H2,(H3,18,19,20);1H. The van der Waals surface area contributed by atoms with E-state index in [2.05, 4.69) is 10.3 Å². The Labute approximate surface area is 140 Å². The highest BCUT2D eigenvalue weighted by Gasteiger charge is 2.44. The van der Waals surface area contributed by atoms with Crippen molar-refractivity contribution in [2.45, 2.75) is 32.1 Å². The molecule has 2 bridgehead atoms. The second kappa shape index (κ2) is 6.46. The molecule has 2 aliphatic rings. The van der Waals surface area contributed by atoms with Gasteiger partial charge >= 0.3 is 0 Å². The predicted molar refractivity (Wildman–Crippen MR) is 90.9 cm³/mol. The molecule has 0 radical (unpaired) electrons. The summed E-state index contributed by atoms with van der Waals surface area (Å²) in [6.45, 7) is 0.680. The lowest BCUT2D eigenvalue weighted by Gasteiger charge is -2.24. The molecule has 0 atom stereocenters. The molecule has 0 spiro atoms. The van der Waals surface area contributed by atoms with Crippen LogP contribution in [0.5, 0.6) is 0 Å². The van der Waals surface area contributed by atoms with Crippen molar-refractivity contribution in [2.75, 3.05) is 11.9 Å². The van der Waals surface area contributed by atoms with E-state index in [1.165, 1.54) is 32.1 Å². The minimum absolute atomic E-state index is 0. The van der Waals surface area contributed by atoms with Crippen LogP contribution in [0.1, 0.15) is 32.1 Å². The maximum absolute atomic E-state index is 13.5. The van der Waals surface area contributed by atoms with E-state index in [0.29, 0.717) is 12.0 Å². The zero-order valence-corrected chi connectivity index (χ0v) is 14.1. The van der Waals surface area contributed by atoms with Crippen LogP contribution in [-0.2, 0) is 0 Å². The molecule has 2 saturated carbocycles. The molecular weight excluding hydrogens is 387 g/mol. The minimum Gasteiger partial charge on any atom is -0.370 e. The third-order valence-electron chi connectivity index (χ3n) is 4.66. The Hall–Kier alpha value is -0.920. The zero-order valence-electron chi connectivity index (χ0n) is 11.7. The van der Waals surface area contributed by atoms with Crippen LogP contribution in [0.25, 0.3) is 0 Å². The average Bonchev–Trinajstić information content (AvgIpc) is 3.02. The Bertz CT molecular complexity index is 540. The summed E-state index contributed by atoms with van der Waals surface area (Å²) >= 11 is 0. The van der Waals surface area contributed by atoms with Gasteiger partial charge in [0.2, 0.25) is 0 Å². The van der Waals surface area contributed by atoms with E-state index in [0.717, 1.165) is 24.1 Å². The molecule has 6 heteroatoms. The highest BCUT2D eigenvalue weighted by atomic mass is 127. The third kappa shape index (κ3) is 3.64. The van der Waals surface area contributed by atoms with Gasteiger partial charge in [-0.3, -0.25) is 4.99 Å². The van der Waals surface area contributed by atoms with Gasteiger partial charge in [-0.25, -0.2) is 8.78 Å². The second-order valence-corrected chi connectivity index (χ2v) is 6.10. The van der Waals surface area contributed by atoms with Crippen LogP contribution in [0.4, 0.5) is 14.5 Å². The van der Waals surface area contributed by atoms with Gasteiger partial charge in [-0.2, -0.15) is 0 Å². The van der Waals surface area contributed by atoms with Crippen molar-refractivity contribution in [1.29, 1.82) is 0 Å². The lowest BCUT2D eigenvalue weighted by Crippen LogP contribution is -2.27. The summed E-state index contributed by atoms with van der Waals surface area (Å²) in [7, 11) is 0. The Kier molecular flexibility index (Phi) is 5.06. The van der Waals surface area contributed by atoms with E-state index in [4.69, 9.17) is 5.73 Å². The lowest BCUT2D eigenvalue weighted by atomic mass is 9.84. The first-order valence-corrected chi connectivity index (χ1v) is 7.08. The van der Waals surface area contributed by atoms with Gasteiger partial charge in [-0.05, 0) is 55.6 Å². The molecule has 3 rings (SSSR count). The molecule has 116 valence electrons. The number of halogens is 3. The minimum atomic E-state index is -0.537. The van der Waals surface area contributed by atoms with Crippen molar-refractivity contribution in [3.05, 3.63) is 29.8 Å². The van der Waals surface area contributed by atoms with Crippen molar-refractivity contribution in [2.24, 2.45) is 22.1 Å². The lowest BCUT2D eigenvalue weighted by molar-refractivity contribution is 0.307. The Morgan fingerprint density at radius 2 is 2.05 bits per heavy atom.